The molecule has 0 unspecified atom stereocenters. The molecule has 4 aromatic rings. The monoisotopic (exact) mass is 635 g/mol. The second-order valence-corrected chi connectivity index (χ2v) is 14.0. The van der Waals surface area contributed by atoms with Crippen LogP contribution in [0.25, 0.3) is 0 Å². The lowest BCUT2D eigenvalue weighted by molar-refractivity contribution is -0.387. The van der Waals surface area contributed by atoms with E-state index in [0.29, 0.717) is 43.3 Å². The van der Waals surface area contributed by atoms with E-state index < -0.39 is 4.92 Å². The van der Waals surface area contributed by atoms with Gasteiger partial charge in [-0.3, -0.25) is 19.7 Å². The Hall–Kier alpha value is -3.80. The van der Waals surface area contributed by atoms with Crippen LogP contribution in [-0.4, -0.2) is 27.0 Å². The number of carbonyl (C=O) groups is 1. The van der Waals surface area contributed by atoms with Crippen LogP contribution in [0.15, 0.2) is 68.4 Å². The Morgan fingerprint density at radius 1 is 1.23 bits per heavy atom. The predicted molar refractivity (Wildman–Crippen MR) is 173 cm³/mol. The van der Waals surface area contributed by atoms with Gasteiger partial charge in [-0.1, -0.05) is 38.4 Å². The molecule has 222 valence electrons. The number of amides is 1. The van der Waals surface area contributed by atoms with E-state index in [0.717, 1.165) is 41.5 Å². The molecule has 0 bridgehead atoms. The van der Waals surface area contributed by atoms with E-state index in [9.17, 15) is 19.7 Å². The van der Waals surface area contributed by atoms with Gasteiger partial charge in [0.05, 0.1) is 15.4 Å². The quantitative estimate of drug-likeness (QED) is 0.0915. The zero-order chi connectivity index (χ0) is 30.9. The fourth-order valence-electron chi connectivity index (χ4n) is 5.04. The van der Waals surface area contributed by atoms with Gasteiger partial charge in [0, 0.05) is 39.6 Å². The number of rotatable bonds is 7. The van der Waals surface area contributed by atoms with Crippen molar-refractivity contribution in [2.24, 2.45) is 16.3 Å². The van der Waals surface area contributed by atoms with Gasteiger partial charge in [-0.25, -0.2) is 9.98 Å². The summed E-state index contributed by atoms with van der Waals surface area (Å²) in [5, 5.41) is 16.3. The summed E-state index contributed by atoms with van der Waals surface area (Å²) >= 11 is 8.53. The molecule has 43 heavy (non-hydrogen) atoms. The fraction of sp³-hybridized carbons (Fsp3) is 0.290. The molecule has 1 aliphatic rings. The molecule has 1 amide bonds. The van der Waals surface area contributed by atoms with E-state index in [4.69, 9.17) is 16.6 Å². The normalized spacial score (nSPS) is 15.0. The van der Waals surface area contributed by atoms with Crippen molar-refractivity contribution >= 4 is 63.2 Å². The van der Waals surface area contributed by atoms with Crippen LogP contribution < -0.4 is 10.9 Å². The van der Waals surface area contributed by atoms with Crippen LogP contribution >= 0.6 is 34.7 Å². The molecule has 0 aliphatic heterocycles. The van der Waals surface area contributed by atoms with E-state index in [1.165, 1.54) is 23.5 Å². The number of halogens is 1. The molecule has 12 heteroatoms. The number of benzene rings is 2. The Bertz CT molecular complexity index is 1790. The third kappa shape index (κ3) is 7.23. The highest BCUT2D eigenvalue weighted by Crippen LogP contribution is 2.45. The zero-order valence-corrected chi connectivity index (χ0v) is 26.5. The highest BCUT2D eigenvalue weighted by atomic mass is 35.5. The number of aliphatic imine (C=N–C) groups is 1. The number of aromatic amines is 1. The molecule has 0 spiro atoms. The minimum absolute atomic E-state index is 0.135. The Morgan fingerprint density at radius 2 is 1.98 bits per heavy atom. The molecule has 2 aromatic heterocycles. The maximum absolute atomic E-state index is 13.6. The number of fused-ring (bicyclic) bond motifs is 1. The van der Waals surface area contributed by atoms with Crippen LogP contribution in [0.5, 0.6) is 0 Å². The standard InChI is InChI=1S/C31H30ClN5O4S2/c1-17-13-26(38)36-30(34-17)43-24-12-5-18(14-23(24)37(40)41)16-33-29-27(28(39)35-21-9-7-20(32)8-10-21)22-11-6-19(31(2,3)4)15-25(22)42-29/h5,7-10,12-14,16,19H,6,11,15H2,1-4H3,(H,35,39)(H,34,36,38)/t19-/m0/s1. The first kappa shape index (κ1) is 30.7. The third-order valence-corrected chi connectivity index (χ3v) is 9.73. The van der Waals surface area contributed by atoms with Crippen molar-refractivity contribution in [3.05, 3.63) is 101 Å². The maximum Gasteiger partial charge on any atom is 0.283 e. The van der Waals surface area contributed by atoms with Gasteiger partial charge in [0.2, 0.25) is 0 Å². The largest absolute Gasteiger partial charge is 0.322 e. The minimum atomic E-state index is -0.477. The highest BCUT2D eigenvalue weighted by molar-refractivity contribution is 7.99. The third-order valence-electron chi connectivity index (χ3n) is 7.37. The molecule has 0 radical (unpaired) electrons. The van der Waals surface area contributed by atoms with Crippen LogP contribution in [0.3, 0.4) is 0 Å². The molecular formula is C31H30ClN5O4S2. The van der Waals surface area contributed by atoms with Crippen molar-refractivity contribution in [3.63, 3.8) is 0 Å². The highest BCUT2D eigenvalue weighted by Gasteiger charge is 2.33. The number of anilines is 1. The average molecular weight is 636 g/mol. The lowest BCUT2D eigenvalue weighted by Gasteiger charge is -2.33. The molecular weight excluding hydrogens is 606 g/mol. The molecule has 2 aromatic carbocycles. The summed E-state index contributed by atoms with van der Waals surface area (Å²) < 4.78 is 0. The summed E-state index contributed by atoms with van der Waals surface area (Å²) in [6.07, 6.45) is 4.17. The minimum Gasteiger partial charge on any atom is -0.322 e. The molecule has 2 heterocycles. The molecule has 0 fully saturated rings. The molecule has 1 aliphatic carbocycles. The van der Waals surface area contributed by atoms with Crippen LogP contribution in [0.2, 0.25) is 5.02 Å². The van der Waals surface area contributed by atoms with Crippen molar-refractivity contribution in [1.82, 2.24) is 9.97 Å². The van der Waals surface area contributed by atoms with Gasteiger partial charge in [0.15, 0.2) is 5.16 Å². The number of hydrogen-bond donors (Lipinski definition) is 2. The molecule has 0 saturated carbocycles. The topological polar surface area (TPSA) is 130 Å². The smallest absolute Gasteiger partial charge is 0.283 e. The maximum atomic E-state index is 13.6. The van der Waals surface area contributed by atoms with Gasteiger partial charge in [-0.2, -0.15) is 0 Å². The van der Waals surface area contributed by atoms with Crippen LogP contribution in [0, 0.1) is 28.4 Å². The first-order chi connectivity index (χ1) is 20.4. The average Bonchev–Trinajstić information content (AvgIpc) is 3.30. The van der Waals surface area contributed by atoms with Gasteiger partial charge in [-0.15, -0.1) is 11.3 Å². The number of hydrogen-bond acceptors (Lipinski definition) is 8. The van der Waals surface area contributed by atoms with E-state index in [1.807, 2.05) is 0 Å². The summed E-state index contributed by atoms with van der Waals surface area (Å²) in [4.78, 5) is 50.0. The van der Waals surface area contributed by atoms with E-state index >= 15 is 0 Å². The van der Waals surface area contributed by atoms with Gasteiger partial charge in [-0.05, 0) is 90.7 Å². The molecule has 5 rings (SSSR count). The molecule has 2 N–H and O–H groups in total. The van der Waals surface area contributed by atoms with Crippen molar-refractivity contribution in [3.8, 4) is 0 Å². The number of nitro groups is 1. The van der Waals surface area contributed by atoms with Crippen molar-refractivity contribution < 1.29 is 9.72 Å². The lowest BCUT2D eigenvalue weighted by atomic mass is 9.72. The number of aromatic nitrogens is 2. The predicted octanol–water partition coefficient (Wildman–Crippen LogP) is 8.01. The summed E-state index contributed by atoms with van der Waals surface area (Å²) in [7, 11) is 0. The molecule has 0 saturated heterocycles. The number of nitrogens with one attached hydrogen (secondary N) is 2. The summed E-state index contributed by atoms with van der Waals surface area (Å²) in [5.41, 5.74) is 2.86. The number of aryl methyl sites for hydroxylation is 1. The second-order valence-electron chi connectivity index (χ2n) is 11.5. The van der Waals surface area contributed by atoms with Gasteiger partial charge >= 0.3 is 0 Å². The first-order valence-electron chi connectivity index (χ1n) is 13.7. The SMILES string of the molecule is Cc1cc(=O)[nH]c(Sc2ccc(C=Nc3sc4c(c3C(=O)Nc3ccc(Cl)cc3)CC[C@H](C(C)(C)C)C4)cc2[N+](=O)[O-])n1. The number of nitrogens with zero attached hydrogens (tertiary/aromatic N) is 3. The zero-order valence-electron chi connectivity index (χ0n) is 24.1. The van der Waals surface area contributed by atoms with Crippen molar-refractivity contribution in [1.29, 1.82) is 0 Å². The van der Waals surface area contributed by atoms with Crippen molar-refractivity contribution in [2.75, 3.05) is 5.32 Å². The molecule has 9 nitrogen and oxygen atoms in total. The Kier molecular flexibility index (Phi) is 8.86. The number of thiophene rings is 1. The van der Waals surface area contributed by atoms with Crippen LogP contribution in [0.1, 0.15) is 59.2 Å². The Balaban J connectivity index is 1.48. The van der Waals surface area contributed by atoms with Gasteiger partial charge in [0.25, 0.3) is 17.2 Å². The van der Waals surface area contributed by atoms with E-state index in [1.54, 1.807) is 49.5 Å². The van der Waals surface area contributed by atoms with Crippen LogP contribution in [0.4, 0.5) is 16.4 Å². The first-order valence-corrected chi connectivity index (χ1v) is 15.7. The molecule has 1 atom stereocenters. The lowest BCUT2D eigenvalue weighted by Crippen LogP contribution is -2.27. The fourth-order valence-corrected chi connectivity index (χ4v) is 7.36. The Labute approximate surface area is 262 Å². The van der Waals surface area contributed by atoms with E-state index in [-0.39, 0.29) is 27.7 Å². The Morgan fingerprint density at radius 3 is 2.65 bits per heavy atom. The summed E-state index contributed by atoms with van der Waals surface area (Å²) in [5.74, 6) is 0.228. The van der Waals surface area contributed by atoms with E-state index in [2.05, 4.69) is 36.1 Å². The number of carbonyl (C=O) groups excluding carboxylic acids is 1. The summed E-state index contributed by atoms with van der Waals surface area (Å²) in [6, 6.07) is 13.0. The number of H-pyrrole nitrogens is 1. The summed E-state index contributed by atoms with van der Waals surface area (Å²) in [6.45, 7) is 8.41. The van der Waals surface area contributed by atoms with Crippen LogP contribution in [-0.2, 0) is 12.8 Å². The second kappa shape index (κ2) is 12.4. The van der Waals surface area contributed by atoms with Gasteiger partial charge < -0.3 is 10.3 Å². The van der Waals surface area contributed by atoms with Crippen molar-refractivity contribution in [2.45, 2.75) is 57.0 Å². The van der Waals surface area contributed by atoms with Gasteiger partial charge in [0.1, 0.15) is 5.00 Å². The number of nitro benzene ring substituents is 1.